The van der Waals surface area contributed by atoms with Crippen LogP contribution in [0.4, 0.5) is 11.4 Å². The number of carbonyl (C=O) groups excluding carboxylic acids is 4. The summed E-state index contributed by atoms with van der Waals surface area (Å²) in [5.41, 5.74) is 2.73. The van der Waals surface area contributed by atoms with Gasteiger partial charge in [0.2, 0.25) is 17.7 Å². The number of carbonyl (C=O) groups is 4. The summed E-state index contributed by atoms with van der Waals surface area (Å²) in [5, 5.41) is 7.90. The van der Waals surface area contributed by atoms with Gasteiger partial charge in [0, 0.05) is 46.3 Å². The molecule has 1 aromatic heterocycles. The number of ether oxygens (including phenoxy) is 1. The van der Waals surface area contributed by atoms with Crippen LogP contribution in [0, 0.1) is 18.8 Å². The average Bonchev–Trinajstić information content (AvgIpc) is 3.64. The van der Waals surface area contributed by atoms with Crippen molar-refractivity contribution in [2.75, 3.05) is 10.2 Å². The van der Waals surface area contributed by atoms with Crippen LogP contribution in [-0.2, 0) is 31.1 Å². The number of anilines is 2. The number of para-hydroxylation sites is 1. The highest BCUT2D eigenvalue weighted by molar-refractivity contribution is 6.31. The summed E-state index contributed by atoms with van der Waals surface area (Å²) in [5.74, 6) is -3.26. The molecule has 0 radical (unpaired) electrons. The number of benzene rings is 3. The van der Waals surface area contributed by atoms with Gasteiger partial charge in [-0.15, -0.1) is 0 Å². The third-order valence-corrected chi connectivity index (χ3v) is 8.68. The predicted octanol–water partition coefficient (Wildman–Crippen LogP) is 4.22. The van der Waals surface area contributed by atoms with Gasteiger partial charge in [-0.1, -0.05) is 29.8 Å². The van der Waals surface area contributed by atoms with E-state index >= 15 is 0 Å². The van der Waals surface area contributed by atoms with Crippen molar-refractivity contribution < 1.29 is 23.9 Å². The van der Waals surface area contributed by atoms with E-state index in [2.05, 4.69) is 15.6 Å². The van der Waals surface area contributed by atoms with Gasteiger partial charge in [-0.05, 0) is 66.9 Å². The molecule has 3 aromatic carbocycles. The van der Waals surface area contributed by atoms with E-state index in [0.717, 1.165) is 26.9 Å². The molecule has 3 aliphatic heterocycles. The Hall–Kier alpha value is -4.47. The Labute approximate surface area is 239 Å². The number of hydrogen-bond acceptors (Lipinski definition) is 6. The summed E-state index contributed by atoms with van der Waals surface area (Å²) in [6, 6.07) is 17.0. The van der Waals surface area contributed by atoms with Gasteiger partial charge in [-0.3, -0.25) is 24.5 Å². The topological polar surface area (TPSA) is 121 Å². The van der Waals surface area contributed by atoms with Crippen molar-refractivity contribution >= 4 is 57.6 Å². The normalized spacial score (nSPS) is 24.7. The number of rotatable bonds is 4. The van der Waals surface area contributed by atoms with Crippen LogP contribution in [0.1, 0.15) is 23.6 Å². The Kier molecular flexibility index (Phi) is 5.61. The Bertz CT molecular complexity index is 1800. The number of imide groups is 1. The van der Waals surface area contributed by atoms with E-state index < -0.39 is 41.2 Å². The van der Waals surface area contributed by atoms with Gasteiger partial charge in [-0.2, -0.15) is 0 Å². The highest BCUT2D eigenvalue weighted by Crippen LogP contribution is 2.55. The maximum Gasteiger partial charge on any atom is 0.308 e. The molecule has 4 aromatic rings. The van der Waals surface area contributed by atoms with Crippen molar-refractivity contribution in [1.29, 1.82) is 0 Å². The lowest BCUT2D eigenvalue weighted by atomic mass is 9.76. The fraction of sp³-hybridized carbons (Fsp3) is 0.226. The SMILES string of the molecule is CC(=O)Oc1ccc(N2C(=O)[C@@H]3C(Cc4c[nH]c5ccccc45)NC4(C(=O)Nc5c(C)cc(Cl)cc54)[C@@H]3C2=O)cc1. The second-order valence-electron chi connectivity index (χ2n) is 10.8. The van der Waals surface area contributed by atoms with E-state index in [1.54, 1.807) is 24.3 Å². The number of fused-ring (bicyclic) bond motifs is 5. The van der Waals surface area contributed by atoms with Crippen LogP contribution >= 0.6 is 11.6 Å². The minimum Gasteiger partial charge on any atom is -0.427 e. The Morgan fingerprint density at radius 1 is 1.05 bits per heavy atom. The minimum absolute atomic E-state index is 0.296. The Morgan fingerprint density at radius 2 is 1.80 bits per heavy atom. The number of nitrogens with one attached hydrogen (secondary N) is 3. The van der Waals surface area contributed by atoms with E-state index in [9.17, 15) is 19.2 Å². The summed E-state index contributed by atoms with van der Waals surface area (Å²) < 4.78 is 5.12. The van der Waals surface area contributed by atoms with E-state index in [0.29, 0.717) is 34.1 Å². The number of nitrogens with zero attached hydrogens (tertiary/aromatic N) is 1. The third-order valence-electron chi connectivity index (χ3n) is 8.46. The summed E-state index contributed by atoms with van der Waals surface area (Å²) in [7, 11) is 0. The van der Waals surface area contributed by atoms with Crippen LogP contribution in [-0.4, -0.2) is 34.7 Å². The van der Waals surface area contributed by atoms with E-state index in [4.69, 9.17) is 16.3 Å². The largest absolute Gasteiger partial charge is 0.427 e. The van der Waals surface area contributed by atoms with Crippen LogP contribution in [0.15, 0.2) is 66.9 Å². The summed E-state index contributed by atoms with van der Waals surface area (Å²) in [4.78, 5) is 58.1. The number of H-pyrrole nitrogens is 1. The fourth-order valence-corrected chi connectivity index (χ4v) is 7.10. The maximum absolute atomic E-state index is 14.3. The van der Waals surface area contributed by atoms with Gasteiger partial charge in [0.15, 0.2) is 0 Å². The maximum atomic E-state index is 14.3. The second-order valence-corrected chi connectivity index (χ2v) is 11.3. The third kappa shape index (κ3) is 3.66. The quantitative estimate of drug-likeness (QED) is 0.193. The molecule has 7 rings (SSSR count). The monoisotopic (exact) mass is 568 g/mol. The second kappa shape index (κ2) is 9.02. The number of halogens is 1. The summed E-state index contributed by atoms with van der Waals surface area (Å²) in [6.07, 6.45) is 2.32. The van der Waals surface area contributed by atoms with Crippen molar-refractivity contribution in [3.05, 3.63) is 88.6 Å². The first-order valence-corrected chi connectivity index (χ1v) is 13.7. The lowest BCUT2D eigenvalue weighted by molar-refractivity contribution is -0.132. The molecule has 9 nitrogen and oxygen atoms in total. The van der Waals surface area contributed by atoms with Gasteiger partial charge in [0.1, 0.15) is 11.3 Å². The zero-order valence-electron chi connectivity index (χ0n) is 22.2. The molecule has 1 spiro atoms. The first-order chi connectivity index (χ1) is 19.7. The van der Waals surface area contributed by atoms with Crippen LogP contribution in [0.3, 0.4) is 0 Å². The predicted molar refractivity (Wildman–Crippen MR) is 153 cm³/mol. The molecule has 3 aliphatic rings. The van der Waals surface area contributed by atoms with Crippen LogP contribution in [0.25, 0.3) is 10.9 Å². The lowest BCUT2D eigenvalue weighted by Crippen LogP contribution is -2.53. The van der Waals surface area contributed by atoms with Crippen molar-refractivity contribution in [2.45, 2.75) is 31.8 Å². The molecule has 4 atom stereocenters. The number of esters is 1. The standard InChI is InChI=1S/C31H25ClN4O5/c1-15-11-18(32)13-22-27(15)34-30(40)31(22)26-25(24(35-31)12-17-14-33-23-6-4-3-5-21(17)23)28(38)36(29(26)39)19-7-9-20(10-8-19)41-16(2)37/h3-11,13-14,24-26,33,35H,12H2,1-2H3,(H,34,40)/t24?,25-,26+,31?/m1/s1. The molecule has 2 unspecified atom stereocenters. The molecule has 2 fully saturated rings. The number of amides is 3. The van der Waals surface area contributed by atoms with Crippen LogP contribution in [0.5, 0.6) is 5.75 Å². The van der Waals surface area contributed by atoms with E-state index in [-0.39, 0.29) is 5.91 Å². The molecule has 4 heterocycles. The van der Waals surface area contributed by atoms with Crippen LogP contribution < -0.4 is 20.3 Å². The molecule has 2 saturated heterocycles. The lowest BCUT2D eigenvalue weighted by Gasteiger charge is -2.29. The fourth-order valence-electron chi connectivity index (χ4n) is 6.83. The summed E-state index contributed by atoms with van der Waals surface area (Å²) in [6.45, 7) is 3.14. The molecule has 3 amide bonds. The van der Waals surface area contributed by atoms with Gasteiger partial charge in [-0.25, -0.2) is 4.90 Å². The zero-order valence-corrected chi connectivity index (χ0v) is 22.9. The van der Waals surface area contributed by atoms with Crippen molar-refractivity contribution in [3.63, 3.8) is 0 Å². The molecular formula is C31H25ClN4O5. The van der Waals surface area contributed by atoms with E-state index in [1.807, 2.05) is 37.4 Å². The molecule has 10 heteroatoms. The van der Waals surface area contributed by atoms with E-state index in [1.165, 1.54) is 19.1 Å². The molecular weight excluding hydrogens is 544 g/mol. The van der Waals surface area contributed by atoms with Gasteiger partial charge in [0.05, 0.1) is 17.5 Å². The van der Waals surface area contributed by atoms with Gasteiger partial charge < -0.3 is 15.0 Å². The van der Waals surface area contributed by atoms with Crippen molar-refractivity contribution in [2.24, 2.45) is 11.8 Å². The average molecular weight is 569 g/mol. The molecule has 206 valence electrons. The molecule has 41 heavy (non-hydrogen) atoms. The number of aromatic amines is 1. The molecule has 0 aliphatic carbocycles. The number of hydrogen-bond donors (Lipinski definition) is 3. The van der Waals surface area contributed by atoms with Gasteiger partial charge >= 0.3 is 5.97 Å². The Morgan fingerprint density at radius 3 is 2.56 bits per heavy atom. The molecule has 0 bridgehead atoms. The number of aryl methyl sites for hydroxylation is 1. The van der Waals surface area contributed by atoms with Crippen molar-refractivity contribution in [1.82, 2.24) is 10.3 Å². The first kappa shape index (κ1) is 25.5. The van der Waals surface area contributed by atoms with Gasteiger partial charge in [0.25, 0.3) is 0 Å². The number of aromatic nitrogens is 1. The summed E-state index contributed by atoms with van der Waals surface area (Å²) >= 11 is 6.47. The highest BCUT2D eigenvalue weighted by Gasteiger charge is 2.70. The highest BCUT2D eigenvalue weighted by atomic mass is 35.5. The van der Waals surface area contributed by atoms with Crippen molar-refractivity contribution in [3.8, 4) is 5.75 Å². The first-order valence-electron chi connectivity index (χ1n) is 13.3. The minimum atomic E-state index is -1.48. The smallest absolute Gasteiger partial charge is 0.308 e. The van der Waals surface area contributed by atoms with Crippen LogP contribution in [0.2, 0.25) is 5.02 Å². The Balaban J connectivity index is 1.35. The zero-order chi connectivity index (χ0) is 28.6. The molecule has 0 saturated carbocycles. The molecule has 3 N–H and O–H groups in total.